The maximum atomic E-state index is 5.74. The van der Waals surface area contributed by atoms with Crippen molar-refractivity contribution in [1.29, 1.82) is 0 Å². The van der Waals surface area contributed by atoms with E-state index in [-0.39, 0.29) is 0 Å². The largest absolute Gasteiger partial charge is 0.370 e. The van der Waals surface area contributed by atoms with E-state index >= 15 is 0 Å². The second-order valence-corrected chi connectivity index (χ2v) is 4.72. The lowest BCUT2D eigenvalue weighted by Crippen LogP contribution is -2.22. The van der Waals surface area contributed by atoms with E-state index in [0.29, 0.717) is 17.5 Å². The number of rotatable bonds is 3. The van der Waals surface area contributed by atoms with Crippen molar-refractivity contribution in [3.05, 3.63) is 40.9 Å². The highest BCUT2D eigenvalue weighted by Gasteiger charge is 2.10. The molecule has 0 radical (unpaired) electrons. The number of aryl methyl sites for hydroxylation is 2. The van der Waals surface area contributed by atoms with Gasteiger partial charge in [0.15, 0.2) is 5.96 Å². The van der Waals surface area contributed by atoms with Crippen molar-refractivity contribution in [2.45, 2.75) is 19.3 Å². The molecule has 1 aliphatic rings. The summed E-state index contributed by atoms with van der Waals surface area (Å²) in [7, 11) is 0. The highest BCUT2D eigenvalue weighted by atomic mass is 35.5. The van der Waals surface area contributed by atoms with Gasteiger partial charge in [0.25, 0.3) is 0 Å². The van der Waals surface area contributed by atoms with Crippen LogP contribution in [0.4, 0.5) is 5.69 Å². The molecule has 1 aromatic rings. The highest BCUT2D eigenvalue weighted by Crippen LogP contribution is 2.24. The van der Waals surface area contributed by atoms with Crippen molar-refractivity contribution in [2.75, 3.05) is 11.9 Å². The number of benzene rings is 1. The van der Waals surface area contributed by atoms with Crippen LogP contribution in [0.3, 0.4) is 0 Å². The lowest BCUT2D eigenvalue weighted by atomic mass is 10.1. The molecular weight excluding hydrogens is 234 g/mol. The third kappa shape index (κ3) is 3.24. The Morgan fingerprint density at radius 3 is 2.94 bits per heavy atom. The van der Waals surface area contributed by atoms with E-state index in [0.717, 1.165) is 12.1 Å². The zero-order valence-electron chi connectivity index (χ0n) is 9.67. The van der Waals surface area contributed by atoms with Crippen molar-refractivity contribution in [3.63, 3.8) is 0 Å². The number of nitrogens with one attached hydrogen (secondary N) is 1. The topological polar surface area (TPSA) is 50.4 Å². The summed E-state index contributed by atoms with van der Waals surface area (Å²) < 4.78 is 0. The molecule has 1 aromatic carbocycles. The van der Waals surface area contributed by atoms with Crippen LogP contribution in [0.5, 0.6) is 0 Å². The number of anilines is 1. The van der Waals surface area contributed by atoms with Gasteiger partial charge >= 0.3 is 0 Å². The van der Waals surface area contributed by atoms with Gasteiger partial charge in [-0.1, -0.05) is 24.2 Å². The van der Waals surface area contributed by atoms with Crippen molar-refractivity contribution in [3.8, 4) is 0 Å². The predicted octanol–water partition coefficient (Wildman–Crippen LogP) is 2.65. The number of hydrogen-bond acceptors (Lipinski definition) is 1. The van der Waals surface area contributed by atoms with Crippen LogP contribution >= 0.6 is 11.6 Å². The maximum absolute atomic E-state index is 5.74. The highest BCUT2D eigenvalue weighted by molar-refractivity contribution is 6.29. The molecule has 0 saturated heterocycles. The van der Waals surface area contributed by atoms with Crippen LogP contribution in [-0.4, -0.2) is 12.5 Å². The number of aliphatic imine (C=N–C) groups is 1. The van der Waals surface area contributed by atoms with Crippen molar-refractivity contribution in [1.82, 2.24) is 0 Å². The first-order chi connectivity index (χ1) is 8.15. The first-order valence-corrected chi connectivity index (χ1v) is 6.05. The minimum Gasteiger partial charge on any atom is -0.370 e. The fraction of sp³-hybridized carbons (Fsp3) is 0.308. The number of nitrogens with zero attached hydrogens (tertiary/aromatic N) is 1. The molecule has 4 heteroatoms. The van der Waals surface area contributed by atoms with Gasteiger partial charge < -0.3 is 11.1 Å². The van der Waals surface area contributed by atoms with Crippen LogP contribution in [0.1, 0.15) is 17.5 Å². The first kappa shape index (κ1) is 12.0. The van der Waals surface area contributed by atoms with Crippen LogP contribution in [0.2, 0.25) is 0 Å². The zero-order valence-corrected chi connectivity index (χ0v) is 10.4. The normalized spacial score (nSPS) is 14.5. The summed E-state index contributed by atoms with van der Waals surface area (Å²) in [6.45, 7) is 3.90. The van der Waals surface area contributed by atoms with E-state index in [9.17, 15) is 0 Å². The van der Waals surface area contributed by atoms with Gasteiger partial charge in [-0.15, -0.1) is 0 Å². The van der Waals surface area contributed by atoms with E-state index < -0.39 is 0 Å². The summed E-state index contributed by atoms with van der Waals surface area (Å²) >= 11 is 5.62. The Kier molecular flexibility index (Phi) is 3.69. The number of hydrogen-bond donors (Lipinski definition) is 2. The summed E-state index contributed by atoms with van der Waals surface area (Å²) in [5.74, 6) is 0.366. The molecule has 0 fully saturated rings. The van der Waals surface area contributed by atoms with Crippen molar-refractivity contribution in [2.24, 2.45) is 10.7 Å². The van der Waals surface area contributed by atoms with Gasteiger partial charge in [0.2, 0.25) is 0 Å². The fourth-order valence-corrected chi connectivity index (χ4v) is 2.07. The van der Waals surface area contributed by atoms with E-state index in [1.54, 1.807) is 0 Å². The van der Waals surface area contributed by atoms with Crippen LogP contribution in [0, 0.1) is 0 Å². The Labute approximate surface area is 106 Å². The van der Waals surface area contributed by atoms with Gasteiger partial charge in [-0.25, -0.2) is 4.99 Å². The summed E-state index contributed by atoms with van der Waals surface area (Å²) in [4.78, 5) is 4.06. The molecule has 0 bridgehead atoms. The van der Waals surface area contributed by atoms with E-state index in [1.807, 2.05) is 6.07 Å². The molecule has 0 saturated carbocycles. The summed E-state index contributed by atoms with van der Waals surface area (Å²) in [6.07, 6.45) is 3.58. The van der Waals surface area contributed by atoms with Crippen LogP contribution in [-0.2, 0) is 12.8 Å². The molecule has 1 aliphatic carbocycles. The summed E-state index contributed by atoms with van der Waals surface area (Å²) in [5, 5.41) is 3.53. The Hall–Kier alpha value is -1.48. The monoisotopic (exact) mass is 249 g/mol. The molecule has 0 amide bonds. The molecule has 90 valence electrons. The van der Waals surface area contributed by atoms with Crippen molar-refractivity contribution >= 4 is 23.2 Å². The number of nitrogens with two attached hydrogens (primary N) is 1. The van der Waals surface area contributed by atoms with Gasteiger partial charge in [0.1, 0.15) is 0 Å². The van der Waals surface area contributed by atoms with Gasteiger partial charge in [0.05, 0.1) is 6.54 Å². The maximum Gasteiger partial charge on any atom is 0.193 e. The summed E-state index contributed by atoms with van der Waals surface area (Å²) in [6, 6.07) is 6.32. The van der Waals surface area contributed by atoms with Crippen molar-refractivity contribution < 1.29 is 0 Å². The molecule has 0 atom stereocenters. The van der Waals surface area contributed by atoms with E-state index in [4.69, 9.17) is 17.3 Å². The minimum atomic E-state index is 0.339. The van der Waals surface area contributed by atoms with Gasteiger partial charge in [-0.05, 0) is 42.5 Å². The zero-order chi connectivity index (χ0) is 12.3. The van der Waals surface area contributed by atoms with E-state index in [2.05, 4.69) is 29.0 Å². The fourth-order valence-electron chi connectivity index (χ4n) is 2.01. The second-order valence-electron chi connectivity index (χ2n) is 4.18. The average molecular weight is 250 g/mol. The number of guanidine groups is 1. The molecule has 0 heterocycles. The minimum absolute atomic E-state index is 0.339. The molecule has 0 aliphatic heterocycles. The lowest BCUT2D eigenvalue weighted by molar-refractivity contribution is 0.912. The first-order valence-electron chi connectivity index (χ1n) is 5.67. The standard InChI is InChI=1S/C13H16ClN3/c1-9(14)8-16-13(15)17-12-6-5-10-3-2-4-11(10)7-12/h5-7H,1-4,8H2,(H3,15,16,17). The molecular formula is C13H16ClN3. The predicted molar refractivity (Wildman–Crippen MR) is 73.6 cm³/mol. The van der Waals surface area contributed by atoms with Gasteiger partial charge in [-0.2, -0.15) is 0 Å². The molecule has 0 unspecified atom stereocenters. The molecule has 17 heavy (non-hydrogen) atoms. The van der Waals surface area contributed by atoms with Crippen LogP contribution in [0.25, 0.3) is 0 Å². The quantitative estimate of drug-likeness (QED) is 0.639. The second kappa shape index (κ2) is 5.23. The van der Waals surface area contributed by atoms with Gasteiger partial charge in [0, 0.05) is 10.7 Å². The molecule has 0 aromatic heterocycles. The third-order valence-corrected chi connectivity index (χ3v) is 2.91. The van der Waals surface area contributed by atoms with Gasteiger partial charge in [-0.3, -0.25) is 0 Å². The molecule has 2 rings (SSSR count). The Morgan fingerprint density at radius 2 is 2.18 bits per heavy atom. The SMILES string of the molecule is C=C(Cl)CN=C(N)Nc1ccc2c(c1)CCC2. The Morgan fingerprint density at radius 1 is 1.41 bits per heavy atom. The lowest BCUT2D eigenvalue weighted by Gasteiger charge is -2.07. The molecule has 3 N–H and O–H groups in total. The summed E-state index contributed by atoms with van der Waals surface area (Å²) in [5.41, 5.74) is 9.57. The van der Waals surface area contributed by atoms with E-state index in [1.165, 1.54) is 24.0 Å². The third-order valence-electron chi connectivity index (χ3n) is 2.79. The smallest absolute Gasteiger partial charge is 0.193 e. The van der Waals surface area contributed by atoms with Crippen LogP contribution in [0.15, 0.2) is 34.8 Å². The van der Waals surface area contributed by atoms with Crippen LogP contribution < -0.4 is 11.1 Å². The Bertz CT molecular complexity index is 466. The Balaban J connectivity index is 2.04. The number of fused-ring (bicyclic) bond motifs is 1. The molecule has 3 nitrogen and oxygen atoms in total. The molecule has 0 spiro atoms. The average Bonchev–Trinajstić information content (AvgIpc) is 2.73. The number of halogens is 1.